The number of nitrogens with zero attached hydrogens (tertiary/aromatic N) is 2. The van der Waals surface area contributed by atoms with Gasteiger partial charge in [-0.05, 0) is 68.7 Å². The third-order valence-electron chi connectivity index (χ3n) is 6.16. The number of hydrogen-bond donors (Lipinski definition) is 2. The van der Waals surface area contributed by atoms with Crippen molar-refractivity contribution in [3.8, 4) is 17.1 Å². The molecular weight excluding hydrogens is 368 g/mol. The van der Waals surface area contributed by atoms with Gasteiger partial charge in [0.15, 0.2) is 0 Å². The number of fused-ring (bicyclic) bond motifs is 2. The first kappa shape index (κ1) is 19.9. The highest BCUT2D eigenvalue weighted by Gasteiger charge is 2.39. The fourth-order valence-corrected chi connectivity index (χ4v) is 4.84. The topological polar surface area (TPSA) is 103 Å². The van der Waals surface area contributed by atoms with Gasteiger partial charge < -0.3 is 20.3 Å². The summed E-state index contributed by atoms with van der Waals surface area (Å²) in [5.41, 5.74) is 7.04. The van der Waals surface area contributed by atoms with Gasteiger partial charge in [-0.2, -0.15) is 4.98 Å². The summed E-state index contributed by atoms with van der Waals surface area (Å²) in [6.07, 6.45) is 6.44. The first-order valence-corrected chi connectivity index (χ1v) is 10.7. The van der Waals surface area contributed by atoms with E-state index in [-0.39, 0.29) is 18.0 Å². The number of nitrogens with two attached hydrogens (primary N) is 1. The Hall–Kier alpha value is -2.41. The highest BCUT2D eigenvalue weighted by atomic mass is 16.5. The minimum atomic E-state index is 0.0585. The van der Waals surface area contributed by atoms with Gasteiger partial charge >= 0.3 is 0 Å². The van der Waals surface area contributed by atoms with E-state index in [0.29, 0.717) is 43.0 Å². The zero-order chi connectivity index (χ0) is 20.2. The van der Waals surface area contributed by atoms with Crippen molar-refractivity contribution in [3.63, 3.8) is 0 Å². The Morgan fingerprint density at radius 3 is 2.66 bits per heavy atom. The first-order valence-electron chi connectivity index (χ1n) is 10.7. The third kappa shape index (κ3) is 4.78. The van der Waals surface area contributed by atoms with Crippen LogP contribution in [0.15, 0.2) is 28.8 Å². The maximum Gasteiger partial charge on any atom is 0.227 e. The number of benzene rings is 1. The largest absolute Gasteiger partial charge is 0.494 e. The van der Waals surface area contributed by atoms with Crippen LogP contribution in [0.25, 0.3) is 11.4 Å². The molecule has 3 N–H and O–H groups in total. The number of carbonyl (C=O) groups excluding carboxylic acids is 1. The normalized spacial score (nSPS) is 26.1. The molecule has 2 unspecified atom stereocenters. The van der Waals surface area contributed by atoms with Crippen LogP contribution in [0.1, 0.15) is 51.3 Å². The summed E-state index contributed by atoms with van der Waals surface area (Å²) in [7, 11) is 0. The molecule has 2 aliphatic carbocycles. The number of hydrogen-bond acceptors (Lipinski definition) is 6. The Bertz CT molecular complexity index is 806. The Morgan fingerprint density at radius 1 is 1.24 bits per heavy atom. The van der Waals surface area contributed by atoms with Gasteiger partial charge in [0.25, 0.3) is 0 Å². The number of aromatic nitrogens is 2. The summed E-state index contributed by atoms with van der Waals surface area (Å²) in [4.78, 5) is 17.0. The lowest BCUT2D eigenvalue weighted by molar-refractivity contribution is -0.123. The van der Waals surface area contributed by atoms with Crippen LogP contribution in [0, 0.1) is 11.8 Å². The molecule has 1 aromatic carbocycles. The van der Waals surface area contributed by atoms with Crippen molar-refractivity contribution in [1.82, 2.24) is 15.5 Å². The van der Waals surface area contributed by atoms with Gasteiger partial charge in [-0.3, -0.25) is 4.79 Å². The minimum absolute atomic E-state index is 0.0585. The Kier molecular flexibility index (Phi) is 6.13. The van der Waals surface area contributed by atoms with Crippen molar-refractivity contribution in [1.29, 1.82) is 0 Å². The summed E-state index contributed by atoms with van der Waals surface area (Å²) in [5, 5.41) is 7.31. The molecule has 2 aliphatic rings. The van der Waals surface area contributed by atoms with E-state index in [4.69, 9.17) is 15.0 Å². The molecule has 4 rings (SSSR count). The Morgan fingerprint density at radius 2 is 1.97 bits per heavy atom. The molecule has 1 heterocycles. The lowest BCUT2D eigenvalue weighted by atomic mass is 9.67. The van der Waals surface area contributed by atoms with Gasteiger partial charge in [-0.1, -0.05) is 11.6 Å². The van der Waals surface area contributed by atoms with Gasteiger partial charge in [0.1, 0.15) is 5.75 Å². The van der Waals surface area contributed by atoms with Crippen LogP contribution < -0.4 is 15.8 Å². The number of aryl methyl sites for hydroxylation is 1. The fraction of sp³-hybridized carbons (Fsp3) is 0.591. The number of rotatable bonds is 7. The average Bonchev–Trinajstić information content (AvgIpc) is 3.17. The highest BCUT2D eigenvalue weighted by molar-refractivity contribution is 5.76. The molecule has 1 amide bonds. The molecule has 29 heavy (non-hydrogen) atoms. The summed E-state index contributed by atoms with van der Waals surface area (Å²) in [6, 6.07) is 8.14. The van der Waals surface area contributed by atoms with Crippen LogP contribution in [0.2, 0.25) is 0 Å². The molecule has 2 atom stereocenters. The molecule has 2 bridgehead atoms. The second kappa shape index (κ2) is 8.95. The second-order valence-electron chi connectivity index (χ2n) is 8.24. The van der Waals surface area contributed by atoms with Gasteiger partial charge in [0.2, 0.25) is 17.6 Å². The zero-order valence-corrected chi connectivity index (χ0v) is 17.0. The Balaban J connectivity index is 1.30. The molecule has 2 fully saturated rings. The van der Waals surface area contributed by atoms with Gasteiger partial charge in [0, 0.05) is 30.5 Å². The predicted molar refractivity (Wildman–Crippen MR) is 109 cm³/mol. The molecule has 0 aliphatic heterocycles. The molecule has 2 saturated carbocycles. The third-order valence-corrected chi connectivity index (χ3v) is 6.16. The van der Waals surface area contributed by atoms with Crippen molar-refractivity contribution in [2.45, 2.75) is 64.0 Å². The number of ether oxygens (including phenoxy) is 1. The van der Waals surface area contributed by atoms with E-state index in [1.54, 1.807) is 0 Å². The first-order chi connectivity index (χ1) is 14.1. The number of amides is 1. The number of nitrogens with one attached hydrogen (secondary N) is 1. The van der Waals surface area contributed by atoms with Gasteiger partial charge in [0.05, 0.1) is 6.61 Å². The molecule has 0 radical (unpaired) electrons. The summed E-state index contributed by atoms with van der Waals surface area (Å²) in [6.45, 7) is 2.58. The van der Waals surface area contributed by atoms with Crippen molar-refractivity contribution in [3.05, 3.63) is 30.2 Å². The summed E-state index contributed by atoms with van der Waals surface area (Å²) >= 11 is 0. The molecule has 2 aromatic rings. The van der Waals surface area contributed by atoms with Crippen LogP contribution >= 0.6 is 0 Å². The summed E-state index contributed by atoms with van der Waals surface area (Å²) < 4.78 is 10.8. The van der Waals surface area contributed by atoms with Crippen LogP contribution in [-0.4, -0.2) is 34.7 Å². The van der Waals surface area contributed by atoms with Gasteiger partial charge in [-0.15, -0.1) is 0 Å². The molecular formula is C22H30N4O3. The molecule has 1 aromatic heterocycles. The van der Waals surface area contributed by atoms with E-state index in [1.807, 2.05) is 31.2 Å². The maximum atomic E-state index is 12.5. The second-order valence-corrected chi connectivity index (χ2v) is 8.24. The molecule has 0 saturated heterocycles. The van der Waals surface area contributed by atoms with E-state index < -0.39 is 0 Å². The lowest BCUT2D eigenvalue weighted by Gasteiger charge is -2.45. The van der Waals surface area contributed by atoms with Crippen molar-refractivity contribution < 1.29 is 14.1 Å². The molecule has 7 heteroatoms. The molecule has 0 spiro atoms. The van der Waals surface area contributed by atoms with E-state index in [1.165, 1.54) is 19.3 Å². The van der Waals surface area contributed by atoms with Crippen LogP contribution in [-0.2, 0) is 11.2 Å². The van der Waals surface area contributed by atoms with E-state index >= 15 is 0 Å². The van der Waals surface area contributed by atoms with Crippen molar-refractivity contribution >= 4 is 5.91 Å². The zero-order valence-electron chi connectivity index (χ0n) is 17.0. The standard InChI is InChI=1S/C22H30N4O3/c1-2-28-18-8-6-14(7-9-18)22-25-20(29-26-22)11-10-19(27)24-21-15-4-3-5-16(21)13-17(23)12-15/h6-9,15-17,21H,2-5,10-13,23H2,1H3,(H,24,27). The van der Waals surface area contributed by atoms with Crippen molar-refractivity contribution in [2.75, 3.05) is 6.61 Å². The highest BCUT2D eigenvalue weighted by Crippen LogP contribution is 2.39. The Labute approximate surface area is 171 Å². The molecule has 156 valence electrons. The molecule has 7 nitrogen and oxygen atoms in total. The van der Waals surface area contributed by atoms with E-state index in [2.05, 4.69) is 15.5 Å². The number of carbonyl (C=O) groups is 1. The van der Waals surface area contributed by atoms with Crippen LogP contribution in [0.5, 0.6) is 5.75 Å². The fourth-order valence-electron chi connectivity index (χ4n) is 4.84. The van der Waals surface area contributed by atoms with Crippen LogP contribution in [0.4, 0.5) is 0 Å². The summed E-state index contributed by atoms with van der Waals surface area (Å²) in [5.74, 6) is 2.93. The monoisotopic (exact) mass is 398 g/mol. The lowest BCUT2D eigenvalue weighted by Crippen LogP contribution is -2.53. The van der Waals surface area contributed by atoms with E-state index in [9.17, 15) is 4.79 Å². The van der Waals surface area contributed by atoms with Crippen LogP contribution in [0.3, 0.4) is 0 Å². The van der Waals surface area contributed by atoms with Crippen molar-refractivity contribution in [2.24, 2.45) is 17.6 Å². The predicted octanol–water partition coefficient (Wildman–Crippen LogP) is 3.09. The SMILES string of the molecule is CCOc1ccc(-c2noc(CCC(=O)NC3C4CCCC3CC(N)C4)n2)cc1. The van der Waals surface area contributed by atoms with E-state index in [0.717, 1.165) is 24.2 Å². The quantitative estimate of drug-likeness (QED) is 0.743. The minimum Gasteiger partial charge on any atom is -0.494 e. The average molecular weight is 399 g/mol. The van der Waals surface area contributed by atoms with Gasteiger partial charge in [-0.25, -0.2) is 0 Å². The maximum absolute atomic E-state index is 12.5. The smallest absolute Gasteiger partial charge is 0.227 e.